The van der Waals surface area contributed by atoms with Gasteiger partial charge in [-0.25, -0.2) is 5.84 Å². The number of rotatable bonds is 10. The Morgan fingerprint density at radius 3 is 2.42 bits per heavy atom. The smallest absolute Gasteiger partial charge is 0.327 e. The molecule has 1 saturated heterocycles. The molecular formula is C56H75N7O9. The summed E-state index contributed by atoms with van der Waals surface area (Å²) in [6.07, 6.45) is 12.6. The Kier molecular flexibility index (Phi) is 16.6. The fourth-order valence-corrected chi connectivity index (χ4v) is 10.6. The molecule has 388 valence electrons. The quantitative estimate of drug-likeness (QED) is 0.0514. The van der Waals surface area contributed by atoms with Gasteiger partial charge in [-0.05, 0) is 81.3 Å². The Labute approximate surface area is 423 Å². The van der Waals surface area contributed by atoms with Gasteiger partial charge in [0.05, 0.1) is 28.7 Å². The van der Waals surface area contributed by atoms with Crippen molar-refractivity contribution in [3.05, 3.63) is 106 Å². The maximum absolute atomic E-state index is 14.8. The number of piperidine rings is 1. The third kappa shape index (κ3) is 11.7. The molecule has 4 unspecified atom stereocenters. The molecule has 7 atom stereocenters. The van der Waals surface area contributed by atoms with Gasteiger partial charge in [-0.15, -0.1) is 0 Å². The van der Waals surface area contributed by atoms with Crippen molar-refractivity contribution in [1.29, 1.82) is 0 Å². The lowest BCUT2D eigenvalue weighted by molar-refractivity contribution is -0.159. The van der Waals surface area contributed by atoms with Crippen molar-refractivity contribution in [1.82, 2.24) is 9.91 Å². The Hall–Kier alpha value is -6.23. The number of ether oxygens (including phenoxy) is 3. The highest BCUT2D eigenvalue weighted by Crippen LogP contribution is 2.50. The molecule has 1 fully saturated rings. The highest BCUT2D eigenvalue weighted by Gasteiger charge is 2.50. The lowest BCUT2D eigenvalue weighted by Crippen LogP contribution is -2.43. The third-order valence-electron chi connectivity index (χ3n) is 14.6. The van der Waals surface area contributed by atoms with Crippen LogP contribution in [-0.2, 0) is 25.5 Å². The minimum Gasteiger partial charge on any atom is -0.507 e. The minimum absolute atomic E-state index is 0.0164. The van der Waals surface area contributed by atoms with Gasteiger partial charge < -0.3 is 50.5 Å². The highest BCUT2D eigenvalue weighted by molar-refractivity contribution is 6.19. The number of benzene rings is 3. The van der Waals surface area contributed by atoms with Crippen molar-refractivity contribution in [2.24, 2.45) is 51.2 Å². The number of amides is 1. The summed E-state index contributed by atoms with van der Waals surface area (Å²) in [4.78, 5) is 55.2. The summed E-state index contributed by atoms with van der Waals surface area (Å²) in [5.41, 5.74) is 7.64. The van der Waals surface area contributed by atoms with Crippen LogP contribution in [0.15, 0.2) is 88.4 Å². The standard InChI is InChI=1S/C56H75N7O9/c1-32(2)29-62-25-23-56(24-26-62)60-45-42-43-49(66)38(8)52-44(42)53(68)55(9,72-52)70-27-15-18-34(4)51(71-41(64)31-63(58)30-40(57)22-14-21-39-19-11-10-12-20-39)37(7)48(65)36(6)28-33(3)16-13-17-35(5)54(69)59-47(50(43)67)46(45)61-56/h10-13,15-17,19-20,27,30,32-34,36-37,48,51,65-67H,14,18,21-26,28-29,31,57-58H2,1-9H3,(H,59,69)/b16-13+,27-15+,35-17-,40-30-/t33?,34-,36-,37-,48?,51?,55?/m1/s1. The van der Waals surface area contributed by atoms with Crippen molar-refractivity contribution in [2.75, 3.05) is 31.5 Å². The Balaban J connectivity index is 1.21. The molecule has 5 aliphatic rings. The summed E-state index contributed by atoms with van der Waals surface area (Å²) in [6, 6.07) is 10.1. The van der Waals surface area contributed by atoms with Crippen molar-refractivity contribution < 1.29 is 43.9 Å². The number of aromatic hydroxyl groups is 2. The topological polar surface area (TPSA) is 235 Å². The number of hydrogen-bond donors (Lipinski definition) is 6. The molecule has 0 aromatic heterocycles. The van der Waals surface area contributed by atoms with Gasteiger partial charge in [0, 0.05) is 73.7 Å². The molecule has 0 saturated carbocycles. The monoisotopic (exact) mass is 990 g/mol. The average Bonchev–Trinajstić information content (AvgIpc) is 3.83. The predicted molar refractivity (Wildman–Crippen MR) is 277 cm³/mol. The summed E-state index contributed by atoms with van der Waals surface area (Å²) < 4.78 is 18.7. The average molecular weight is 990 g/mol. The van der Waals surface area contributed by atoms with Crippen LogP contribution < -0.4 is 32.3 Å². The summed E-state index contributed by atoms with van der Waals surface area (Å²) in [6.45, 7) is 18.9. The van der Waals surface area contributed by atoms with Crippen LogP contribution in [0.25, 0.3) is 10.8 Å². The number of fused-ring (bicyclic) bond motifs is 13. The van der Waals surface area contributed by atoms with Crippen LogP contribution in [0.4, 0.5) is 5.69 Å². The Morgan fingerprint density at radius 1 is 1.03 bits per heavy atom. The number of nitrogens with one attached hydrogen (secondary N) is 1. The van der Waals surface area contributed by atoms with Crippen molar-refractivity contribution in [3.8, 4) is 17.2 Å². The highest BCUT2D eigenvalue weighted by atomic mass is 16.7. The van der Waals surface area contributed by atoms with Crippen LogP contribution in [0.3, 0.4) is 0 Å². The van der Waals surface area contributed by atoms with Gasteiger partial charge in [-0.2, -0.15) is 0 Å². The Bertz CT molecular complexity index is 2780. The number of hydrazine groups is 1. The largest absolute Gasteiger partial charge is 0.507 e. The molecule has 16 nitrogen and oxygen atoms in total. The number of allylic oxidation sites excluding steroid dienone is 5. The minimum atomic E-state index is -1.91. The molecule has 3 aromatic carbocycles. The molecule has 16 heteroatoms. The van der Waals surface area contributed by atoms with Gasteiger partial charge in [-0.1, -0.05) is 90.1 Å². The normalized spacial score (nSPS) is 27.6. The number of aliphatic hydroxyl groups excluding tert-OH is 1. The van der Waals surface area contributed by atoms with Gasteiger partial charge in [0.2, 0.25) is 0 Å². The number of phenolic OH excluding ortho intramolecular Hbond substituents is 2. The maximum atomic E-state index is 14.8. The number of anilines is 1. The van der Waals surface area contributed by atoms with E-state index in [0.717, 1.165) is 19.4 Å². The summed E-state index contributed by atoms with van der Waals surface area (Å²) in [5.74, 6) is 1.25. The van der Waals surface area contributed by atoms with Gasteiger partial charge >= 0.3 is 11.8 Å². The van der Waals surface area contributed by atoms with E-state index >= 15 is 0 Å². The second-order valence-corrected chi connectivity index (χ2v) is 21.2. The van der Waals surface area contributed by atoms with E-state index in [9.17, 15) is 29.7 Å². The molecule has 72 heavy (non-hydrogen) atoms. The van der Waals surface area contributed by atoms with E-state index in [4.69, 9.17) is 35.8 Å². The van der Waals surface area contributed by atoms with Crippen LogP contribution in [0.5, 0.6) is 17.2 Å². The molecule has 0 aliphatic carbocycles. The predicted octanol–water partition coefficient (Wildman–Crippen LogP) is 7.13. The second-order valence-electron chi connectivity index (χ2n) is 21.2. The van der Waals surface area contributed by atoms with E-state index in [1.807, 2.05) is 52.0 Å². The number of phenols is 2. The van der Waals surface area contributed by atoms with Gasteiger partial charge in [-0.3, -0.25) is 24.4 Å². The first-order valence-corrected chi connectivity index (χ1v) is 25.5. The SMILES string of the molecule is C/C1=C/C=C/C(C)C[C@@H](C)C(O)[C@@H](C)C(OC(=O)CN(N)/C=C(\N)CCCc2ccccc2)[C@H](C)C/C=C/OC2(C)Oc3c(C)c(O)c4c(O)c(c5c(c4c3C2=O)=NC2(CCN(CC(C)C)CC2)N=5)NC1=O. The number of likely N-dealkylation sites (tertiary alicyclic amines) is 1. The van der Waals surface area contributed by atoms with Crippen molar-refractivity contribution >= 4 is 34.1 Å². The van der Waals surface area contributed by atoms with E-state index in [1.165, 1.54) is 30.0 Å². The van der Waals surface area contributed by atoms with Crippen molar-refractivity contribution in [3.63, 3.8) is 0 Å². The molecule has 8 rings (SSSR count). The number of nitrogens with two attached hydrogens (primary N) is 2. The number of hydrogen-bond acceptors (Lipinski definition) is 15. The zero-order valence-electron chi connectivity index (χ0n) is 43.4. The van der Waals surface area contributed by atoms with Crippen LogP contribution in [0.1, 0.15) is 115 Å². The number of esters is 1. The zero-order valence-corrected chi connectivity index (χ0v) is 43.4. The number of carbonyl (C=O) groups excluding carboxylic acids is 3. The first-order chi connectivity index (χ1) is 34.1. The summed E-state index contributed by atoms with van der Waals surface area (Å²) >= 11 is 0. The second kappa shape index (κ2) is 22.3. The molecule has 8 N–H and O–H groups in total. The summed E-state index contributed by atoms with van der Waals surface area (Å²) in [5, 5.41) is 40.6. The molecule has 5 aliphatic heterocycles. The van der Waals surface area contributed by atoms with E-state index in [2.05, 4.69) is 36.2 Å². The van der Waals surface area contributed by atoms with Crippen LogP contribution >= 0.6 is 0 Å². The molecule has 1 amide bonds. The van der Waals surface area contributed by atoms with Gasteiger partial charge in [0.25, 0.3) is 11.7 Å². The van der Waals surface area contributed by atoms with Crippen LogP contribution in [-0.4, -0.2) is 92.7 Å². The fourth-order valence-electron chi connectivity index (χ4n) is 10.6. The number of ketones is 1. The van der Waals surface area contributed by atoms with Gasteiger partial charge in [0.15, 0.2) is 11.4 Å². The first kappa shape index (κ1) is 53.6. The maximum Gasteiger partial charge on any atom is 0.327 e. The molecule has 5 heterocycles. The number of Topliss-reactive ketones (excluding diaryl/α,β-unsaturated/α-hetero) is 1. The fraction of sp³-hybridized carbons (Fsp3) is 0.518. The van der Waals surface area contributed by atoms with Gasteiger partial charge in [0.1, 0.15) is 35.2 Å². The first-order valence-electron chi connectivity index (χ1n) is 25.5. The Morgan fingerprint density at radius 2 is 1.72 bits per heavy atom. The molecule has 1 spiro atoms. The lowest BCUT2D eigenvalue weighted by atomic mass is 9.80. The van der Waals surface area contributed by atoms with E-state index < -0.39 is 53.0 Å². The molecule has 0 radical (unpaired) electrons. The summed E-state index contributed by atoms with van der Waals surface area (Å²) in [7, 11) is 0. The van der Waals surface area contributed by atoms with Crippen LogP contribution in [0, 0.1) is 36.5 Å². The zero-order chi connectivity index (χ0) is 52.2. The van der Waals surface area contributed by atoms with E-state index in [0.29, 0.717) is 62.4 Å². The number of carbonyl (C=O) groups is 3. The number of nitrogens with zero attached hydrogens (tertiary/aromatic N) is 4. The molecule has 5 bridgehead atoms. The van der Waals surface area contributed by atoms with E-state index in [-0.39, 0.29) is 74.1 Å². The number of aryl methyl sites for hydroxylation is 1. The van der Waals surface area contributed by atoms with Crippen molar-refractivity contribution in [2.45, 2.75) is 131 Å². The molecular weight excluding hydrogens is 915 g/mol. The van der Waals surface area contributed by atoms with Crippen LogP contribution in [0.2, 0.25) is 0 Å². The number of aliphatic hydroxyl groups is 1. The third-order valence-corrected chi connectivity index (χ3v) is 14.6. The van der Waals surface area contributed by atoms with E-state index in [1.54, 1.807) is 32.1 Å². The lowest BCUT2D eigenvalue weighted by Gasteiger charge is -2.36. The molecule has 3 aromatic rings.